The van der Waals surface area contributed by atoms with Crippen LogP contribution in [0.5, 0.6) is 0 Å². The van der Waals surface area contributed by atoms with E-state index in [2.05, 4.69) is 26.0 Å². The number of piperidine rings is 1. The molecule has 2 aliphatic rings. The average molecular weight is 420 g/mol. The number of carbonyl (C=O) groups excluding carboxylic acids is 1. The third-order valence-electron chi connectivity index (χ3n) is 6.41. The molecule has 1 aromatic carbocycles. The highest BCUT2D eigenvalue weighted by Gasteiger charge is 2.37. The van der Waals surface area contributed by atoms with Crippen molar-refractivity contribution in [2.75, 3.05) is 37.0 Å². The molecule has 1 saturated heterocycles. The summed E-state index contributed by atoms with van der Waals surface area (Å²) in [6, 6.07) is 10.9. The van der Waals surface area contributed by atoms with E-state index in [1.807, 2.05) is 55.2 Å². The Kier molecular flexibility index (Phi) is 5.00. The number of carbonyl (C=O) groups is 1. The SMILES string of the molecule is CN(C)c1cc(N(C2CC2)C2CCN(C(=O)c3nn(C)c4ccccc34)CC2)ncn1. The minimum atomic E-state index is 0.0325. The number of hydrogen-bond donors (Lipinski definition) is 0. The van der Waals surface area contributed by atoms with Crippen molar-refractivity contribution in [1.29, 1.82) is 0 Å². The summed E-state index contributed by atoms with van der Waals surface area (Å²) in [5, 5.41) is 5.45. The van der Waals surface area contributed by atoms with Gasteiger partial charge in [-0.05, 0) is 31.7 Å². The van der Waals surface area contributed by atoms with E-state index in [0.29, 0.717) is 17.8 Å². The van der Waals surface area contributed by atoms with Crippen LogP contribution in [-0.2, 0) is 7.05 Å². The van der Waals surface area contributed by atoms with Gasteiger partial charge in [0, 0.05) is 57.8 Å². The van der Waals surface area contributed by atoms with Crippen LogP contribution in [0.3, 0.4) is 0 Å². The number of rotatable bonds is 5. The van der Waals surface area contributed by atoms with Crippen molar-refractivity contribution in [3.05, 3.63) is 42.4 Å². The summed E-state index contributed by atoms with van der Waals surface area (Å²) in [7, 11) is 5.89. The zero-order valence-electron chi connectivity index (χ0n) is 18.4. The second-order valence-electron chi connectivity index (χ2n) is 8.78. The summed E-state index contributed by atoms with van der Waals surface area (Å²) in [5.41, 5.74) is 1.54. The Bertz CT molecular complexity index is 1100. The quantitative estimate of drug-likeness (QED) is 0.633. The number of aromatic nitrogens is 4. The van der Waals surface area contributed by atoms with Crippen LogP contribution in [0.2, 0.25) is 0 Å². The third-order valence-corrected chi connectivity index (χ3v) is 6.41. The van der Waals surface area contributed by atoms with Crippen LogP contribution in [0.15, 0.2) is 36.7 Å². The van der Waals surface area contributed by atoms with E-state index >= 15 is 0 Å². The van der Waals surface area contributed by atoms with E-state index in [9.17, 15) is 4.79 Å². The monoisotopic (exact) mass is 419 g/mol. The maximum absolute atomic E-state index is 13.2. The molecule has 1 aliphatic carbocycles. The summed E-state index contributed by atoms with van der Waals surface area (Å²) in [6.07, 6.45) is 5.95. The van der Waals surface area contributed by atoms with Gasteiger partial charge in [-0.2, -0.15) is 5.10 Å². The predicted octanol–water partition coefficient (Wildman–Crippen LogP) is 2.70. The molecule has 31 heavy (non-hydrogen) atoms. The van der Waals surface area contributed by atoms with E-state index in [1.54, 1.807) is 11.0 Å². The Morgan fingerprint density at radius 3 is 2.39 bits per heavy atom. The minimum absolute atomic E-state index is 0.0325. The van der Waals surface area contributed by atoms with Gasteiger partial charge in [0.15, 0.2) is 5.69 Å². The zero-order chi connectivity index (χ0) is 21.5. The minimum Gasteiger partial charge on any atom is -0.363 e. The number of fused-ring (bicyclic) bond motifs is 1. The Morgan fingerprint density at radius 2 is 1.68 bits per heavy atom. The van der Waals surface area contributed by atoms with Crippen LogP contribution in [-0.4, -0.2) is 69.8 Å². The topological polar surface area (TPSA) is 70.4 Å². The van der Waals surface area contributed by atoms with Gasteiger partial charge in [0.2, 0.25) is 0 Å². The standard InChI is InChI=1S/C23H29N7O/c1-27(2)20-14-21(25-15-24-20)30(16-8-9-16)17-10-12-29(13-11-17)23(31)22-18-6-4-5-7-19(18)28(3)26-22/h4-7,14-17H,8-13H2,1-3H3. The molecule has 2 fully saturated rings. The normalized spacial score (nSPS) is 17.2. The third kappa shape index (κ3) is 3.71. The lowest BCUT2D eigenvalue weighted by atomic mass is 10.0. The first-order chi connectivity index (χ1) is 15.0. The molecule has 162 valence electrons. The highest BCUT2D eigenvalue weighted by molar-refractivity contribution is 6.04. The van der Waals surface area contributed by atoms with Gasteiger partial charge in [0.05, 0.1) is 5.52 Å². The van der Waals surface area contributed by atoms with Crippen LogP contribution < -0.4 is 9.80 Å². The zero-order valence-corrected chi connectivity index (χ0v) is 18.4. The number of amides is 1. The van der Waals surface area contributed by atoms with Gasteiger partial charge in [-0.25, -0.2) is 9.97 Å². The molecule has 0 unspecified atom stereocenters. The van der Waals surface area contributed by atoms with Crippen molar-refractivity contribution in [1.82, 2.24) is 24.6 Å². The smallest absolute Gasteiger partial charge is 0.275 e. The number of hydrogen-bond acceptors (Lipinski definition) is 6. The van der Waals surface area contributed by atoms with Crippen molar-refractivity contribution < 1.29 is 4.79 Å². The maximum atomic E-state index is 13.2. The number of aryl methyl sites for hydroxylation is 1. The highest BCUT2D eigenvalue weighted by atomic mass is 16.2. The van der Waals surface area contributed by atoms with Crippen LogP contribution in [0, 0.1) is 0 Å². The van der Waals surface area contributed by atoms with Crippen molar-refractivity contribution in [2.45, 2.75) is 37.8 Å². The Labute approximate surface area is 182 Å². The lowest BCUT2D eigenvalue weighted by molar-refractivity contribution is 0.0707. The molecule has 0 radical (unpaired) electrons. The molecule has 3 aromatic rings. The summed E-state index contributed by atoms with van der Waals surface area (Å²) in [5.74, 6) is 1.96. The molecule has 5 rings (SSSR count). The summed E-state index contributed by atoms with van der Waals surface area (Å²) in [6.45, 7) is 1.48. The van der Waals surface area contributed by atoms with Gasteiger partial charge in [-0.3, -0.25) is 9.48 Å². The molecule has 2 aromatic heterocycles. The van der Waals surface area contributed by atoms with Gasteiger partial charge in [0.25, 0.3) is 5.91 Å². The molecule has 8 nitrogen and oxygen atoms in total. The van der Waals surface area contributed by atoms with Crippen molar-refractivity contribution >= 4 is 28.4 Å². The molecule has 0 atom stereocenters. The van der Waals surface area contributed by atoms with Gasteiger partial charge in [0.1, 0.15) is 18.0 Å². The number of benzene rings is 1. The van der Waals surface area contributed by atoms with E-state index in [-0.39, 0.29) is 5.91 Å². The molecular weight excluding hydrogens is 390 g/mol. The predicted molar refractivity (Wildman–Crippen MR) is 121 cm³/mol. The van der Waals surface area contributed by atoms with E-state index < -0.39 is 0 Å². The molecule has 1 aliphatic heterocycles. The Hall–Kier alpha value is -3.16. The molecular formula is C23H29N7O. The largest absolute Gasteiger partial charge is 0.363 e. The Balaban J connectivity index is 1.32. The molecule has 0 bridgehead atoms. The van der Waals surface area contributed by atoms with E-state index in [0.717, 1.165) is 48.5 Å². The van der Waals surface area contributed by atoms with Gasteiger partial charge in [-0.15, -0.1) is 0 Å². The van der Waals surface area contributed by atoms with Crippen molar-refractivity contribution in [2.24, 2.45) is 7.05 Å². The van der Waals surface area contributed by atoms with Crippen molar-refractivity contribution in [3.8, 4) is 0 Å². The van der Waals surface area contributed by atoms with E-state index in [4.69, 9.17) is 0 Å². The summed E-state index contributed by atoms with van der Waals surface area (Å²) < 4.78 is 1.79. The molecule has 0 N–H and O–H groups in total. The van der Waals surface area contributed by atoms with E-state index in [1.165, 1.54) is 12.8 Å². The number of para-hydroxylation sites is 1. The average Bonchev–Trinajstić information content (AvgIpc) is 3.57. The molecule has 1 saturated carbocycles. The first kappa shape index (κ1) is 19.8. The molecule has 0 spiro atoms. The number of likely N-dealkylation sites (tertiary alicyclic amines) is 1. The fourth-order valence-corrected chi connectivity index (χ4v) is 4.62. The van der Waals surface area contributed by atoms with Crippen LogP contribution in [0.25, 0.3) is 10.9 Å². The van der Waals surface area contributed by atoms with Crippen molar-refractivity contribution in [3.63, 3.8) is 0 Å². The molecule has 8 heteroatoms. The fourth-order valence-electron chi connectivity index (χ4n) is 4.62. The highest BCUT2D eigenvalue weighted by Crippen LogP contribution is 2.36. The molecule has 3 heterocycles. The fraction of sp³-hybridized carbons (Fsp3) is 0.478. The lowest BCUT2D eigenvalue weighted by Crippen LogP contribution is -2.48. The first-order valence-electron chi connectivity index (χ1n) is 11.0. The number of anilines is 2. The van der Waals surface area contributed by atoms with Crippen LogP contribution >= 0.6 is 0 Å². The van der Waals surface area contributed by atoms with Gasteiger partial charge < -0.3 is 14.7 Å². The lowest BCUT2D eigenvalue weighted by Gasteiger charge is -2.39. The second kappa shape index (κ2) is 7.83. The summed E-state index contributed by atoms with van der Waals surface area (Å²) >= 11 is 0. The van der Waals surface area contributed by atoms with Crippen LogP contribution in [0.4, 0.5) is 11.6 Å². The van der Waals surface area contributed by atoms with Gasteiger partial charge >= 0.3 is 0 Å². The number of nitrogens with zero attached hydrogens (tertiary/aromatic N) is 7. The second-order valence-corrected chi connectivity index (χ2v) is 8.78. The van der Waals surface area contributed by atoms with Crippen LogP contribution in [0.1, 0.15) is 36.2 Å². The summed E-state index contributed by atoms with van der Waals surface area (Å²) in [4.78, 5) is 28.7. The Morgan fingerprint density at radius 1 is 1.00 bits per heavy atom. The maximum Gasteiger partial charge on any atom is 0.275 e. The molecule has 1 amide bonds. The first-order valence-corrected chi connectivity index (χ1v) is 11.0. The van der Waals surface area contributed by atoms with Gasteiger partial charge in [-0.1, -0.05) is 18.2 Å².